The first-order chi connectivity index (χ1) is 10.7. The summed E-state index contributed by atoms with van der Waals surface area (Å²) >= 11 is 0. The molecule has 0 aliphatic carbocycles. The van der Waals surface area contributed by atoms with Gasteiger partial charge in [-0.1, -0.05) is 12.1 Å². The molecule has 1 unspecified atom stereocenters. The lowest BCUT2D eigenvalue weighted by Gasteiger charge is -2.11. The molecular weight excluding hydrogens is 278 g/mol. The van der Waals surface area contributed by atoms with Crippen molar-refractivity contribution in [3.05, 3.63) is 36.3 Å². The Morgan fingerprint density at radius 3 is 3.00 bits per heavy atom. The molecule has 0 spiro atoms. The molecule has 114 valence electrons. The quantitative estimate of drug-likeness (QED) is 0.918. The minimum atomic E-state index is 0.0760. The van der Waals surface area contributed by atoms with E-state index in [1.807, 2.05) is 25.1 Å². The number of oxime groups is 1. The Morgan fingerprint density at radius 2 is 2.27 bits per heavy atom. The van der Waals surface area contributed by atoms with Crippen LogP contribution in [0.4, 0.5) is 5.82 Å². The summed E-state index contributed by atoms with van der Waals surface area (Å²) in [6.07, 6.45) is 5.39. The van der Waals surface area contributed by atoms with Crippen LogP contribution in [0.25, 0.3) is 11.4 Å². The molecule has 1 N–H and O–H groups in total. The van der Waals surface area contributed by atoms with Crippen molar-refractivity contribution in [1.29, 1.82) is 0 Å². The topological polar surface area (TPSA) is 72.3 Å². The Balaban J connectivity index is 1.68. The number of aromatic nitrogens is 3. The first-order valence-electron chi connectivity index (χ1n) is 7.46. The molecule has 6 nitrogen and oxygen atoms in total. The molecule has 2 aromatic rings. The van der Waals surface area contributed by atoms with E-state index in [-0.39, 0.29) is 6.10 Å². The molecule has 0 bridgehead atoms. The van der Waals surface area contributed by atoms with Crippen molar-refractivity contribution in [3.8, 4) is 11.4 Å². The van der Waals surface area contributed by atoms with Gasteiger partial charge in [0.15, 0.2) is 5.82 Å². The predicted octanol–water partition coefficient (Wildman–Crippen LogP) is 2.81. The summed E-state index contributed by atoms with van der Waals surface area (Å²) < 4.78 is 0. The fraction of sp³-hybridized carbons (Fsp3) is 0.375. The molecule has 0 radical (unpaired) electrons. The molecule has 6 heteroatoms. The van der Waals surface area contributed by atoms with Crippen molar-refractivity contribution >= 4 is 11.5 Å². The first-order valence-corrected chi connectivity index (χ1v) is 7.46. The van der Waals surface area contributed by atoms with Crippen LogP contribution in [0.15, 0.2) is 35.7 Å². The van der Waals surface area contributed by atoms with E-state index in [0.717, 1.165) is 35.6 Å². The van der Waals surface area contributed by atoms with Crippen LogP contribution in [0.5, 0.6) is 0 Å². The van der Waals surface area contributed by atoms with Gasteiger partial charge in [-0.2, -0.15) is 0 Å². The predicted molar refractivity (Wildman–Crippen MR) is 85.7 cm³/mol. The molecule has 22 heavy (non-hydrogen) atoms. The third kappa shape index (κ3) is 3.39. The van der Waals surface area contributed by atoms with Crippen molar-refractivity contribution in [3.63, 3.8) is 0 Å². The summed E-state index contributed by atoms with van der Waals surface area (Å²) in [4.78, 5) is 18.5. The van der Waals surface area contributed by atoms with Gasteiger partial charge in [-0.15, -0.1) is 0 Å². The largest absolute Gasteiger partial charge is 0.390 e. The highest BCUT2D eigenvalue weighted by Crippen LogP contribution is 2.18. The molecule has 1 atom stereocenters. The second-order valence-electron chi connectivity index (χ2n) is 5.28. The van der Waals surface area contributed by atoms with E-state index in [2.05, 4.69) is 32.3 Å². The minimum absolute atomic E-state index is 0.0760. The van der Waals surface area contributed by atoms with Gasteiger partial charge < -0.3 is 10.2 Å². The van der Waals surface area contributed by atoms with Crippen molar-refractivity contribution in [1.82, 2.24) is 15.0 Å². The molecule has 0 aromatic carbocycles. The van der Waals surface area contributed by atoms with Gasteiger partial charge >= 0.3 is 0 Å². The second-order valence-corrected chi connectivity index (χ2v) is 5.28. The molecule has 3 heterocycles. The number of aryl methyl sites for hydroxylation is 1. The van der Waals surface area contributed by atoms with Gasteiger partial charge in [0.1, 0.15) is 11.9 Å². The van der Waals surface area contributed by atoms with E-state index >= 15 is 0 Å². The zero-order chi connectivity index (χ0) is 15.4. The van der Waals surface area contributed by atoms with Crippen LogP contribution in [0.2, 0.25) is 0 Å². The minimum Gasteiger partial charge on any atom is -0.390 e. The number of hydrogen-bond acceptors (Lipinski definition) is 6. The molecule has 1 aliphatic heterocycles. The summed E-state index contributed by atoms with van der Waals surface area (Å²) in [5.74, 6) is 1.47. The number of rotatable bonds is 5. The Bertz CT molecular complexity index is 671. The van der Waals surface area contributed by atoms with E-state index in [1.165, 1.54) is 0 Å². The Morgan fingerprint density at radius 1 is 1.36 bits per heavy atom. The summed E-state index contributed by atoms with van der Waals surface area (Å²) in [5.41, 5.74) is 2.93. The van der Waals surface area contributed by atoms with E-state index < -0.39 is 0 Å². The monoisotopic (exact) mass is 297 g/mol. The highest BCUT2D eigenvalue weighted by Gasteiger charge is 2.19. The lowest BCUT2D eigenvalue weighted by molar-refractivity contribution is 0.0948. The lowest BCUT2D eigenvalue weighted by atomic mass is 10.1. The maximum absolute atomic E-state index is 5.40. The maximum Gasteiger partial charge on any atom is 0.163 e. The van der Waals surface area contributed by atoms with Crippen LogP contribution in [-0.4, -0.2) is 33.3 Å². The first kappa shape index (κ1) is 14.4. The van der Waals surface area contributed by atoms with Gasteiger partial charge in [-0.25, -0.2) is 9.97 Å². The molecule has 0 saturated heterocycles. The summed E-state index contributed by atoms with van der Waals surface area (Å²) in [6, 6.07) is 5.76. The van der Waals surface area contributed by atoms with Crippen molar-refractivity contribution < 1.29 is 4.84 Å². The highest BCUT2D eigenvalue weighted by molar-refractivity contribution is 5.85. The lowest BCUT2D eigenvalue weighted by Crippen LogP contribution is -2.20. The molecular formula is C16H19N5O. The van der Waals surface area contributed by atoms with Gasteiger partial charge in [0.05, 0.1) is 12.3 Å². The molecule has 1 aliphatic rings. The summed E-state index contributed by atoms with van der Waals surface area (Å²) in [5, 5.41) is 7.38. The Kier molecular flexibility index (Phi) is 4.27. The van der Waals surface area contributed by atoms with Gasteiger partial charge in [0.2, 0.25) is 0 Å². The molecule has 0 fully saturated rings. The third-order valence-corrected chi connectivity index (χ3v) is 3.49. The fourth-order valence-corrected chi connectivity index (χ4v) is 2.31. The van der Waals surface area contributed by atoms with E-state index in [9.17, 15) is 0 Å². The number of hydrogen-bond donors (Lipinski definition) is 1. The average Bonchev–Trinajstić information content (AvgIpc) is 3.01. The van der Waals surface area contributed by atoms with Crippen molar-refractivity contribution in [2.45, 2.75) is 32.8 Å². The highest BCUT2D eigenvalue weighted by atomic mass is 16.6. The van der Waals surface area contributed by atoms with Crippen LogP contribution < -0.4 is 5.32 Å². The summed E-state index contributed by atoms with van der Waals surface area (Å²) in [7, 11) is 0. The van der Waals surface area contributed by atoms with Crippen LogP contribution in [-0.2, 0) is 4.84 Å². The molecule has 2 aromatic heterocycles. The van der Waals surface area contributed by atoms with Crippen LogP contribution in [0.1, 0.15) is 25.5 Å². The second kappa shape index (κ2) is 6.51. The molecule has 0 amide bonds. The van der Waals surface area contributed by atoms with E-state index in [1.54, 1.807) is 12.4 Å². The zero-order valence-electron chi connectivity index (χ0n) is 12.8. The van der Waals surface area contributed by atoms with Crippen molar-refractivity contribution in [2.24, 2.45) is 5.16 Å². The number of nitrogens with zero attached hydrogens (tertiary/aromatic N) is 4. The van der Waals surface area contributed by atoms with Crippen LogP contribution in [0, 0.1) is 6.92 Å². The van der Waals surface area contributed by atoms with Gasteiger partial charge in [0, 0.05) is 36.1 Å². The van der Waals surface area contributed by atoms with Gasteiger partial charge in [-0.3, -0.25) is 4.98 Å². The van der Waals surface area contributed by atoms with E-state index in [4.69, 9.17) is 4.84 Å². The maximum atomic E-state index is 5.40. The van der Waals surface area contributed by atoms with Gasteiger partial charge in [0.25, 0.3) is 0 Å². The number of nitrogens with one attached hydrogen (secondary N) is 1. The van der Waals surface area contributed by atoms with Gasteiger partial charge in [-0.05, 0) is 25.5 Å². The fourth-order valence-electron chi connectivity index (χ4n) is 2.31. The Labute approximate surface area is 129 Å². The van der Waals surface area contributed by atoms with Crippen molar-refractivity contribution in [2.75, 3.05) is 11.9 Å². The summed E-state index contributed by atoms with van der Waals surface area (Å²) in [6.45, 7) is 4.72. The smallest absolute Gasteiger partial charge is 0.163 e. The zero-order valence-corrected chi connectivity index (χ0v) is 12.8. The van der Waals surface area contributed by atoms with E-state index in [0.29, 0.717) is 12.4 Å². The Hall–Kier alpha value is -2.50. The SMILES string of the molecule is CCC1=NOC(CNc2cc(C)nc(-c3cccnc3)n2)C1. The number of anilines is 1. The third-order valence-electron chi connectivity index (χ3n) is 3.49. The number of pyridine rings is 1. The van der Waals surface area contributed by atoms with Crippen LogP contribution in [0.3, 0.4) is 0 Å². The standard InChI is InChI=1S/C16H19N5O/c1-3-13-8-14(22-21-13)10-18-15-7-11(2)19-16(20-15)12-5-4-6-17-9-12/h4-7,9,14H,3,8,10H2,1-2H3,(H,18,19,20). The molecule has 3 rings (SSSR count). The normalized spacial score (nSPS) is 17.0. The average molecular weight is 297 g/mol. The molecule has 0 saturated carbocycles. The van der Waals surface area contributed by atoms with Crippen LogP contribution >= 0.6 is 0 Å².